The fourth-order valence-corrected chi connectivity index (χ4v) is 0.315. The Balaban J connectivity index is 3.95. The zero-order valence-electron chi connectivity index (χ0n) is 6.33. The van der Waals surface area contributed by atoms with Gasteiger partial charge in [0, 0.05) is 18.2 Å². The molecule has 0 amide bonds. The molecular weight excluding hydrogens is 124 g/mol. The van der Waals surface area contributed by atoms with E-state index in [1.54, 1.807) is 0 Å². The molecule has 0 aromatic rings. The van der Waals surface area contributed by atoms with Gasteiger partial charge < -0.3 is 5.73 Å². The van der Waals surface area contributed by atoms with E-state index in [0.717, 1.165) is 0 Å². The molecule has 0 radical (unpaired) electrons. The van der Waals surface area contributed by atoms with E-state index in [4.69, 9.17) is 12.2 Å². The summed E-state index contributed by atoms with van der Waals surface area (Å²) in [5.74, 6) is 3.20. The average Bonchev–Trinajstić information content (AvgIpc) is 1.88. The van der Waals surface area contributed by atoms with Gasteiger partial charge in [-0.25, -0.2) is 4.99 Å². The van der Waals surface area contributed by atoms with Gasteiger partial charge in [-0.1, -0.05) is 19.8 Å². The zero-order chi connectivity index (χ0) is 7.98. The number of rotatable bonds is 2. The summed E-state index contributed by atoms with van der Waals surface area (Å²) in [4.78, 5) is 3.88. The SMILES string of the molecule is C#C/C=C\N=C(/N)C(C)C. The summed E-state index contributed by atoms with van der Waals surface area (Å²) in [6, 6.07) is 0. The molecule has 0 aliphatic rings. The minimum atomic E-state index is 0.280. The highest BCUT2D eigenvalue weighted by molar-refractivity contribution is 5.82. The minimum absolute atomic E-state index is 0.280. The molecule has 0 saturated carbocycles. The van der Waals surface area contributed by atoms with Crippen LogP contribution in [0.1, 0.15) is 13.8 Å². The van der Waals surface area contributed by atoms with Crippen molar-refractivity contribution < 1.29 is 0 Å². The lowest BCUT2D eigenvalue weighted by Crippen LogP contribution is -2.17. The maximum absolute atomic E-state index is 5.49. The van der Waals surface area contributed by atoms with E-state index in [1.807, 2.05) is 13.8 Å². The third-order valence-corrected chi connectivity index (χ3v) is 0.986. The Morgan fingerprint density at radius 3 is 2.70 bits per heavy atom. The largest absolute Gasteiger partial charge is 0.387 e. The number of nitrogens with zero attached hydrogens (tertiary/aromatic N) is 1. The molecule has 54 valence electrons. The van der Waals surface area contributed by atoms with Crippen molar-refractivity contribution in [1.82, 2.24) is 0 Å². The predicted octanol–water partition coefficient (Wildman–Crippen LogP) is 1.15. The molecule has 0 heterocycles. The van der Waals surface area contributed by atoms with Crippen LogP contribution in [0.2, 0.25) is 0 Å². The van der Waals surface area contributed by atoms with Gasteiger partial charge >= 0.3 is 0 Å². The van der Waals surface area contributed by atoms with Gasteiger partial charge in [-0.15, -0.1) is 6.42 Å². The second-order valence-electron chi connectivity index (χ2n) is 2.19. The lowest BCUT2D eigenvalue weighted by atomic mass is 10.2. The minimum Gasteiger partial charge on any atom is -0.387 e. The Labute approximate surface area is 61.8 Å². The Hall–Kier alpha value is -1.23. The number of amidine groups is 1. The molecule has 0 aliphatic heterocycles. The van der Waals surface area contributed by atoms with Crippen LogP contribution in [-0.4, -0.2) is 5.84 Å². The molecule has 0 rings (SSSR count). The molecule has 10 heavy (non-hydrogen) atoms. The first-order valence-electron chi connectivity index (χ1n) is 3.12. The van der Waals surface area contributed by atoms with E-state index >= 15 is 0 Å². The fourth-order valence-electron chi connectivity index (χ4n) is 0.315. The molecule has 0 fully saturated rings. The van der Waals surface area contributed by atoms with E-state index in [1.165, 1.54) is 12.3 Å². The van der Waals surface area contributed by atoms with Crippen LogP contribution >= 0.6 is 0 Å². The zero-order valence-corrected chi connectivity index (χ0v) is 6.33. The van der Waals surface area contributed by atoms with Gasteiger partial charge in [-0.3, -0.25) is 0 Å². The molecule has 0 bridgehead atoms. The Bertz CT molecular complexity index is 182. The lowest BCUT2D eigenvalue weighted by molar-refractivity contribution is 0.872. The van der Waals surface area contributed by atoms with Gasteiger partial charge in [-0.05, 0) is 0 Å². The second kappa shape index (κ2) is 4.63. The van der Waals surface area contributed by atoms with E-state index in [-0.39, 0.29) is 5.92 Å². The quantitative estimate of drug-likeness (QED) is 0.345. The maximum atomic E-state index is 5.49. The normalized spacial score (nSPS) is 12.4. The number of hydrogen-bond acceptors (Lipinski definition) is 1. The van der Waals surface area contributed by atoms with Crippen LogP contribution in [0.25, 0.3) is 0 Å². The maximum Gasteiger partial charge on any atom is 0.101 e. The molecule has 0 aromatic heterocycles. The summed E-state index contributed by atoms with van der Waals surface area (Å²) in [7, 11) is 0. The average molecular weight is 136 g/mol. The summed E-state index contributed by atoms with van der Waals surface area (Å²) in [5, 5.41) is 0. The molecule has 0 saturated heterocycles. The van der Waals surface area contributed by atoms with Crippen molar-refractivity contribution in [3.63, 3.8) is 0 Å². The number of aliphatic imine (C=N–C) groups is 1. The van der Waals surface area contributed by atoms with Gasteiger partial charge in [0.1, 0.15) is 5.84 Å². The van der Waals surface area contributed by atoms with Gasteiger partial charge in [0.15, 0.2) is 0 Å². The molecular formula is C8H12N2. The van der Waals surface area contributed by atoms with Crippen LogP contribution in [0.15, 0.2) is 17.3 Å². The van der Waals surface area contributed by atoms with Crippen molar-refractivity contribution in [2.45, 2.75) is 13.8 Å². The van der Waals surface area contributed by atoms with Crippen LogP contribution in [-0.2, 0) is 0 Å². The van der Waals surface area contributed by atoms with Crippen molar-refractivity contribution in [3.8, 4) is 12.3 Å². The summed E-state index contributed by atoms with van der Waals surface area (Å²) in [6.45, 7) is 3.95. The summed E-state index contributed by atoms with van der Waals surface area (Å²) >= 11 is 0. The first-order chi connectivity index (χ1) is 4.68. The molecule has 0 spiro atoms. The third-order valence-electron chi connectivity index (χ3n) is 0.986. The van der Waals surface area contributed by atoms with Crippen LogP contribution in [0.4, 0.5) is 0 Å². The van der Waals surface area contributed by atoms with E-state index in [2.05, 4.69) is 10.9 Å². The Morgan fingerprint density at radius 1 is 1.70 bits per heavy atom. The predicted molar refractivity (Wildman–Crippen MR) is 44.4 cm³/mol. The summed E-state index contributed by atoms with van der Waals surface area (Å²) in [6.07, 6.45) is 7.98. The van der Waals surface area contributed by atoms with Crippen molar-refractivity contribution in [3.05, 3.63) is 12.3 Å². The van der Waals surface area contributed by atoms with Crippen LogP contribution in [0, 0.1) is 18.3 Å². The van der Waals surface area contributed by atoms with Gasteiger partial charge in [-0.2, -0.15) is 0 Å². The number of terminal acetylenes is 1. The van der Waals surface area contributed by atoms with Gasteiger partial charge in [0.05, 0.1) is 0 Å². The first-order valence-corrected chi connectivity index (χ1v) is 3.12. The van der Waals surface area contributed by atoms with Gasteiger partial charge in [0.2, 0.25) is 0 Å². The van der Waals surface area contributed by atoms with Crippen LogP contribution in [0.3, 0.4) is 0 Å². The molecule has 0 aromatic carbocycles. The van der Waals surface area contributed by atoms with Crippen molar-refractivity contribution in [2.75, 3.05) is 0 Å². The van der Waals surface area contributed by atoms with Crippen molar-refractivity contribution in [2.24, 2.45) is 16.6 Å². The van der Waals surface area contributed by atoms with E-state index < -0.39 is 0 Å². The van der Waals surface area contributed by atoms with Crippen molar-refractivity contribution in [1.29, 1.82) is 0 Å². The van der Waals surface area contributed by atoms with E-state index in [9.17, 15) is 0 Å². The monoisotopic (exact) mass is 136 g/mol. The van der Waals surface area contributed by atoms with Crippen molar-refractivity contribution >= 4 is 5.84 Å². The third kappa shape index (κ3) is 3.73. The summed E-state index contributed by atoms with van der Waals surface area (Å²) in [5.41, 5.74) is 5.49. The number of hydrogen-bond donors (Lipinski definition) is 1. The van der Waals surface area contributed by atoms with Gasteiger partial charge in [0.25, 0.3) is 0 Å². The standard InChI is InChI=1S/C8H12N2/c1-4-5-6-10-8(9)7(2)3/h1,5-7H,2-3H3,(H2,9,10)/b6-5-. The highest BCUT2D eigenvalue weighted by Gasteiger charge is 1.94. The van der Waals surface area contributed by atoms with Crippen LogP contribution < -0.4 is 5.73 Å². The fraction of sp³-hybridized carbons (Fsp3) is 0.375. The number of allylic oxidation sites excluding steroid dienone is 1. The smallest absolute Gasteiger partial charge is 0.101 e. The molecule has 2 nitrogen and oxygen atoms in total. The molecule has 0 aliphatic carbocycles. The molecule has 2 heteroatoms. The Kier molecular flexibility index (Phi) is 4.06. The highest BCUT2D eigenvalue weighted by Crippen LogP contribution is 1.90. The topological polar surface area (TPSA) is 38.4 Å². The highest BCUT2D eigenvalue weighted by atomic mass is 14.8. The van der Waals surface area contributed by atoms with E-state index in [0.29, 0.717) is 5.84 Å². The van der Waals surface area contributed by atoms with Crippen LogP contribution in [0.5, 0.6) is 0 Å². The lowest BCUT2D eigenvalue weighted by Gasteiger charge is -1.99. The molecule has 2 N–H and O–H groups in total. The number of nitrogens with two attached hydrogens (primary N) is 1. The molecule has 0 unspecified atom stereocenters. The Morgan fingerprint density at radius 2 is 2.30 bits per heavy atom. The first kappa shape index (κ1) is 8.77. The summed E-state index contributed by atoms with van der Waals surface area (Å²) < 4.78 is 0. The second-order valence-corrected chi connectivity index (χ2v) is 2.19. The molecule has 0 atom stereocenters.